The minimum atomic E-state index is -0.198. The summed E-state index contributed by atoms with van der Waals surface area (Å²) in [4.78, 5) is 2.27. The fourth-order valence-corrected chi connectivity index (χ4v) is 3.05. The van der Waals surface area contributed by atoms with Gasteiger partial charge >= 0.3 is 0 Å². The van der Waals surface area contributed by atoms with E-state index in [-0.39, 0.29) is 12.1 Å². The average Bonchev–Trinajstić information content (AvgIpc) is 2.46. The van der Waals surface area contributed by atoms with Gasteiger partial charge in [0.2, 0.25) is 0 Å². The molecule has 106 valence electrons. The number of likely N-dealkylation sites (N-methyl/N-ethyl adjacent to an activating group) is 1. The third-order valence-corrected chi connectivity index (χ3v) is 4.41. The fraction of sp³-hybridized carbons (Fsp3) is 0.625. The summed E-state index contributed by atoms with van der Waals surface area (Å²) in [5, 5.41) is 13.5. The van der Waals surface area contributed by atoms with Gasteiger partial charge in [0, 0.05) is 18.8 Å². The zero-order valence-corrected chi connectivity index (χ0v) is 12.3. The zero-order chi connectivity index (χ0) is 13.8. The minimum Gasteiger partial charge on any atom is -0.391 e. The van der Waals surface area contributed by atoms with Crippen molar-refractivity contribution in [2.75, 3.05) is 19.0 Å². The van der Waals surface area contributed by atoms with E-state index >= 15 is 0 Å². The van der Waals surface area contributed by atoms with Crippen LogP contribution in [0.2, 0.25) is 0 Å². The number of para-hydroxylation sites is 1. The first-order chi connectivity index (χ1) is 9.15. The second-order valence-electron chi connectivity index (χ2n) is 5.60. The average molecular weight is 262 g/mol. The van der Waals surface area contributed by atoms with E-state index in [1.807, 2.05) is 7.05 Å². The van der Waals surface area contributed by atoms with Gasteiger partial charge in [-0.15, -0.1) is 0 Å². The van der Waals surface area contributed by atoms with Gasteiger partial charge in [-0.1, -0.05) is 31.0 Å². The number of aliphatic hydroxyl groups excluding tert-OH is 1. The van der Waals surface area contributed by atoms with E-state index < -0.39 is 0 Å². The summed E-state index contributed by atoms with van der Waals surface area (Å²) in [6, 6.07) is 9.05. The Hall–Kier alpha value is -1.06. The molecule has 1 aliphatic carbocycles. The Labute approximate surface area is 116 Å². The highest BCUT2D eigenvalue weighted by molar-refractivity contribution is 5.55. The summed E-state index contributed by atoms with van der Waals surface area (Å²) in [6.07, 6.45) is 4.19. The van der Waals surface area contributed by atoms with Gasteiger partial charge < -0.3 is 15.3 Å². The number of rotatable bonds is 4. The van der Waals surface area contributed by atoms with Crippen LogP contribution in [0.25, 0.3) is 0 Å². The molecule has 1 aromatic carbocycles. The van der Waals surface area contributed by atoms with Gasteiger partial charge in [-0.25, -0.2) is 0 Å². The molecule has 1 aromatic rings. The maximum Gasteiger partial charge on any atom is 0.0743 e. The van der Waals surface area contributed by atoms with Crippen molar-refractivity contribution < 1.29 is 5.11 Å². The highest BCUT2D eigenvalue weighted by Crippen LogP contribution is 2.31. The molecule has 3 atom stereocenters. The molecule has 0 aliphatic heterocycles. The van der Waals surface area contributed by atoms with Crippen molar-refractivity contribution >= 4 is 5.69 Å². The largest absolute Gasteiger partial charge is 0.391 e. The van der Waals surface area contributed by atoms with Crippen LogP contribution < -0.4 is 10.2 Å². The van der Waals surface area contributed by atoms with E-state index in [4.69, 9.17) is 0 Å². The van der Waals surface area contributed by atoms with Gasteiger partial charge in [0.15, 0.2) is 0 Å². The second kappa shape index (κ2) is 6.40. The van der Waals surface area contributed by atoms with Crippen LogP contribution in [-0.2, 0) is 0 Å². The summed E-state index contributed by atoms with van der Waals surface area (Å²) in [6.45, 7) is 2.17. The van der Waals surface area contributed by atoms with Crippen LogP contribution in [0, 0.1) is 0 Å². The molecule has 0 aromatic heterocycles. The predicted molar refractivity (Wildman–Crippen MR) is 80.6 cm³/mol. The molecule has 2 rings (SSSR count). The van der Waals surface area contributed by atoms with Crippen LogP contribution in [0.4, 0.5) is 5.69 Å². The summed E-state index contributed by atoms with van der Waals surface area (Å²) < 4.78 is 0. The lowest BCUT2D eigenvalue weighted by Gasteiger charge is -2.38. The van der Waals surface area contributed by atoms with E-state index in [2.05, 4.69) is 48.5 Å². The standard InChI is InChI=1S/C16H26N2O/c1-12(17-2)13-8-4-5-9-14(13)18(3)15-10-6-7-11-16(15)19/h4-5,8-9,12,15-17,19H,6-7,10-11H2,1-3H3. The Balaban J connectivity index is 2.25. The molecule has 0 radical (unpaired) electrons. The number of nitrogens with one attached hydrogen (secondary N) is 1. The Kier molecular flexibility index (Phi) is 4.83. The van der Waals surface area contributed by atoms with Gasteiger partial charge in [-0.2, -0.15) is 0 Å². The zero-order valence-electron chi connectivity index (χ0n) is 12.3. The number of benzene rings is 1. The summed E-state index contributed by atoms with van der Waals surface area (Å²) in [7, 11) is 4.09. The molecule has 0 saturated heterocycles. The molecule has 0 bridgehead atoms. The Morgan fingerprint density at radius 1 is 1.26 bits per heavy atom. The minimum absolute atomic E-state index is 0.198. The molecular formula is C16H26N2O. The number of aliphatic hydroxyl groups is 1. The Morgan fingerprint density at radius 2 is 1.95 bits per heavy atom. The molecule has 1 aliphatic rings. The van der Waals surface area contributed by atoms with E-state index in [0.717, 1.165) is 19.3 Å². The Bertz CT molecular complexity index is 407. The van der Waals surface area contributed by atoms with Gasteiger partial charge in [0.25, 0.3) is 0 Å². The first-order valence-corrected chi connectivity index (χ1v) is 7.32. The number of anilines is 1. The second-order valence-corrected chi connectivity index (χ2v) is 5.60. The van der Waals surface area contributed by atoms with Gasteiger partial charge in [-0.05, 0) is 38.4 Å². The number of nitrogens with zero attached hydrogens (tertiary/aromatic N) is 1. The van der Waals surface area contributed by atoms with Crippen molar-refractivity contribution in [3.8, 4) is 0 Å². The van der Waals surface area contributed by atoms with E-state index in [0.29, 0.717) is 6.04 Å². The molecule has 1 fully saturated rings. The molecule has 19 heavy (non-hydrogen) atoms. The number of hydrogen-bond acceptors (Lipinski definition) is 3. The Morgan fingerprint density at radius 3 is 2.63 bits per heavy atom. The van der Waals surface area contributed by atoms with E-state index in [1.165, 1.54) is 17.7 Å². The third kappa shape index (κ3) is 3.10. The van der Waals surface area contributed by atoms with Crippen molar-refractivity contribution in [1.82, 2.24) is 5.32 Å². The highest BCUT2D eigenvalue weighted by atomic mass is 16.3. The molecule has 3 heteroatoms. The van der Waals surface area contributed by atoms with Crippen LogP contribution >= 0.6 is 0 Å². The fourth-order valence-electron chi connectivity index (χ4n) is 3.05. The van der Waals surface area contributed by atoms with Crippen molar-refractivity contribution in [3.63, 3.8) is 0 Å². The molecule has 3 nitrogen and oxygen atoms in total. The van der Waals surface area contributed by atoms with E-state index in [9.17, 15) is 5.11 Å². The summed E-state index contributed by atoms with van der Waals surface area (Å²) >= 11 is 0. The van der Waals surface area contributed by atoms with Gasteiger partial charge in [0.05, 0.1) is 12.1 Å². The molecular weight excluding hydrogens is 236 g/mol. The highest BCUT2D eigenvalue weighted by Gasteiger charge is 2.28. The number of hydrogen-bond donors (Lipinski definition) is 2. The van der Waals surface area contributed by atoms with Crippen molar-refractivity contribution in [1.29, 1.82) is 0 Å². The van der Waals surface area contributed by atoms with Gasteiger partial charge in [0.1, 0.15) is 0 Å². The lowest BCUT2D eigenvalue weighted by atomic mass is 9.90. The van der Waals surface area contributed by atoms with Crippen molar-refractivity contribution in [2.24, 2.45) is 0 Å². The monoisotopic (exact) mass is 262 g/mol. The molecule has 0 amide bonds. The van der Waals surface area contributed by atoms with Crippen LogP contribution in [0.3, 0.4) is 0 Å². The maximum absolute atomic E-state index is 10.2. The van der Waals surface area contributed by atoms with Crippen LogP contribution in [0.1, 0.15) is 44.2 Å². The lowest BCUT2D eigenvalue weighted by Crippen LogP contribution is -2.44. The topological polar surface area (TPSA) is 35.5 Å². The maximum atomic E-state index is 10.2. The summed E-state index contributed by atoms with van der Waals surface area (Å²) in [5.74, 6) is 0. The molecule has 2 N–H and O–H groups in total. The van der Waals surface area contributed by atoms with Crippen LogP contribution in [0.15, 0.2) is 24.3 Å². The molecule has 3 unspecified atom stereocenters. The quantitative estimate of drug-likeness (QED) is 0.876. The normalized spacial score (nSPS) is 25.1. The SMILES string of the molecule is CNC(C)c1ccccc1N(C)C1CCCCC1O. The predicted octanol–water partition coefficient (Wildman–Crippen LogP) is 2.71. The van der Waals surface area contributed by atoms with Crippen molar-refractivity contribution in [3.05, 3.63) is 29.8 Å². The molecule has 0 spiro atoms. The third-order valence-electron chi connectivity index (χ3n) is 4.41. The molecule has 0 heterocycles. The first-order valence-electron chi connectivity index (χ1n) is 7.32. The van der Waals surface area contributed by atoms with E-state index in [1.54, 1.807) is 0 Å². The smallest absolute Gasteiger partial charge is 0.0743 e. The first kappa shape index (κ1) is 14.4. The van der Waals surface area contributed by atoms with Gasteiger partial charge in [-0.3, -0.25) is 0 Å². The van der Waals surface area contributed by atoms with Crippen molar-refractivity contribution in [2.45, 2.75) is 50.8 Å². The lowest BCUT2D eigenvalue weighted by molar-refractivity contribution is 0.106. The van der Waals surface area contributed by atoms with Crippen LogP contribution in [-0.4, -0.2) is 31.3 Å². The molecule has 1 saturated carbocycles. The summed E-state index contributed by atoms with van der Waals surface area (Å²) in [5.41, 5.74) is 2.53. The van der Waals surface area contributed by atoms with Crippen LogP contribution in [0.5, 0.6) is 0 Å².